The molecular formula is C13H23NO3. The van der Waals surface area contributed by atoms with Gasteiger partial charge in [-0.05, 0) is 26.8 Å². The van der Waals surface area contributed by atoms with Crippen molar-refractivity contribution in [1.82, 2.24) is 5.32 Å². The van der Waals surface area contributed by atoms with E-state index in [4.69, 9.17) is 13.9 Å². The average molecular weight is 241 g/mol. The maximum atomic E-state index is 5.40. The molecule has 1 N–H and O–H groups in total. The van der Waals surface area contributed by atoms with E-state index in [1.807, 2.05) is 6.07 Å². The van der Waals surface area contributed by atoms with Gasteiger partial charge in [0.2, 0.25) is 0 Å². The van der Waals surface area contributed by atoms with Gasteiger partial charge in [0.1, 0.15) is 12.4 Å². The summed E-state index contributed by atoms with van der Waals surface area (Å²) in [7, 11) is 1.66. The quantitative estimate of drug-likeness (QED) is 0.744. The van der Waals surface area contributed by atoms with Crippen LogP contribution in [0.15, 0.2) is 16.7 Å². The van der Waals surface area contributed by atoms with Crippen LogP contribution in [0.5, 0.6) is 0 Å². The van der Waals surface area contributed by atoms with Gasteiger partial charge in [0, 0.05) is 24.8 Å². The molecule has 0 spiro atoms. The molecule has 1 aromatic heterocycles. The first kappa shape index (κ1) is 14.2. The van der Waals surface area contributed by atoms with Gasteiger partial charge >= 0.3 is 0 Å². The number of rotatable bonds is 7. The molecule has 0 aliphatic heterocycles. The molecule has 0 unspecified atom stereocenters. The second kappa shape index (κ2) is 6.79. The molecule has 1 heterocycles. The number of nitrogens with one attached hydrogen (secondary N) is 1. The van der Waals surface area contributed by atoms with Crippen molar-refractivity contribution in [2.24, 2.45) is 0 Å². The molecule has 4 nitrogen and oxygen atoms in total. The monoisotopic (exact) mass is 241 g/mol. The van der Waals surface area contributed by atoms with E-state index >= 15 is 0 Å². The molecule has 0 saturated carbocycles. The van der Waals surface area contributed by atoms with Crippen molar-refractivity contribution >= 4 is 0 Å². The van der Waals surface area contributed by atoms with Crippen LogP contribution in [0.2, 0.25) is 0 Å². The van der Waals surface area contributed by atoms with E-state index in [0.717, 1.165) is 17.9 Å². The molecule has 0 fully saturated rings. The minimum Gasteiger partial charge on any atom is -0.467 e. The van der Waals surface area contributed by atoms with E-state index in [1.54, 1.807) is 13.4 Å². The molecule has 0 bridgehead atoms. The third-order valence-corrected chi connectivity index (χ3v) is 2.21. The Hall–Kier alpha value is -0.840. The summed E-state index contributed by atoms with van der Waals surface area (Å²) >= 11 is 0. The van der Waals surface area contributed by atoms with Gasteiger partial charge in [-0.1, -0.05) is 0 Å². The van der Waals surface area contributed by atoms with Crippen molar-refractivity contribution in [3.05, 3.63) is 23.7 Å². The lowest BCUT2D eigenvalue weighted by Crippen LogP contribution is -2.34. The minimum atomic E-state index is 0.117. The standard InChI is InChI=1S/C13H23NO3/c1-13(2,3)14-8-11-7-12(17-9-11)10-16-6-5-15-4/h7,9,14H,5-6,8,10H2,1-4H3. The normalized spacial score (nSPS) is 12.0. The van der Waals surface area contributed by atoms with Crippen molar-refractivity contribution < 1.29 is 13.9 Å². The van der Waals surface area contributed by atoms with Gasteiger partial charge in [0.15, 0.2) is 0 Å². The first-order valence-electron chi connectivity index (χ1n) is 5.89. The molecule has 0 amide bonds. The summed E-state index contributed by atoms with van der Waals surface area (Å²) in [4.78, 5) is 0. The van der Waals surface area contributed by atoms with Gasteiger partial charge in [-0.3, -0.25) is 0 Å². The van der Waals surface area contributed by atoms with Crippen LogP contribution in [0.4, 0.5) is 0 Å². The Bertz CT molecular complexity index is 315. The predicted octanol–water partition coefficient (Wildman–Crippen LogP) is 2.33. The predicted molar refractivity (Wildman–Crippen MR) is 66.8 cm³/mol. The van der Waals surface area contributed by atoms with Crippen molar-refractivity contribution in [3.8, 4) is 0 Å². The van der Waals surface area contributed by atoms with E-state index in [0.29, 0.717) is 19.8 Å². The van der Waals surface area contributed by atoms with E-state index < -0.39 is 0 Å². The van der Waals surface area contributed by atoms with E-state index in [2.05, 4.69) is 26.1 Å². The molecule has 17 heavy (non-hydrogen) atoms. The smallest absolute Gasteiger partial charge is 0.129 e. The number of furan rings is 1. The SMILES string of the molecule is COCCOCc1cc(CNC(C)(C)C)co1. The number of ether oxygens (including phenoxy) is 2. The van der Waals surface area contributed by atoms with E-state index in [9.17, 15) is 0 Å². The Balaban J connectivity index is 2.28. The highest BCUT2D eigenvalue weighted by atomic mass is 16.5. The highest BCUT2D eigenvalue weighted by Crippen LogP contribution is 2.10. The Labute approximate surface area is 103 Å². The summed E-state index contributed by atoms with van der Waals surface area (Å²) < 4.78 is 15.7. The molecule has 98 valence electrons. The lowest BCUT2D eigenvalue weighted by atomic mass is 10.1. The lowest BCUT2D eigenvalue weighted by molar-refractivity contribution is 0.0538. The van der Waals surface area contributed by atoms with Gasteiger partial charge in [-0.15, -0.1) is 0 Å². The highest BCUT2D eigenvalue weighted by Gasteiger charge is 2.09. The zero-order valence-corrected chi connectivity index (χ0v) is 11.2. The number of methoxy groups -OCH3 is 1. The van der Waals surface area contributed by atoms with Gasteiger partial charge in [-0.2, -0.15) is 0 Å². The Kier molecular flexibility index (Phi) is 5.68. The molecule has 0 saturated heterocycles. The Morgan fingerprint density at radius 2 is 2.06 bits per heavy atom. The maximum Gasteiger partial charge on any atom is 0.129 e. The first-order valence-corrected chi connectivity index (χ1v) is 5.89. The van der Waals surface area contributed by atoms with E-state index in [-0.39, 0.29) is 5.54 Å². The van der Waals surface area contributed by atoms with Crippen LogP contribution < -0.4 is 5.32 Å². The van der Waals surface area contributed by atoms with Gasteiger partial charge < -0.3 is 19.2 Å². The third-order valence-electron chi connectivity index (χ3n) is 2.21. The molecule has 0 aliphatic rings. The molecule has 0 aliphatic carbocycles. The third kappa shape index (κ3) is 6.46. The van der Waals surface area contributed by atoms with Crippen molar-refractivity contribution in [3.63, 3.8) is 0 Å². The van der Waals surface area contributed by atoms with Crippen LogP contribution in [-0.2, 0) is 22.6 Å². The van der Waals surface area contributed by atoms with Crippen molar-refractivity contribution in [2.45, 2.75) is 39.5 Å². The summed E-state index contributed by atoms with van der Waals surface area (Å²) in [6.45, 7) is 8.93. The van der Waals surface area contributed by atoms with E-state index in [1.165, 1.54) is 0 Å². The summed E-state index contributed by atoms with van der Waals surface area (Å²) in [5.41, 5.74) is 1.26. The first-order chi connectivity index (χ1) is 8.01. The largest absolute Gasteiger partial charge is 0.467 e. The molecule has 4 heteroatoms. The minimum absolute atomic E-state index is 0.117. The molecule has 0 aromatic carbocycles. The number of hydrogen-bond acceptors (Lipinski definition) is 4. The van der Waals surface area contributed by atoms with Gasteiger partial charge in [-0.25, -0.2) is 0 Å². The molecule has 0 atom stereocenters. The fraction of sp³-hybridized carbons (Fsp3) is 0.692. The van der Waals surface area contributed by atoms with Crippen LogP contribution in [0.3, 0.4) is 0 Å². The molecule has 1 rings (SSSR count). The van der Waals surface area contributed by atoms with Gasteiger partial charge in [0.05, 0.1) is 19.5 Å². The van der Waals surface area contributed by atoms with Crippen LogP contribution >= 0.6 is 0 Å². The van der Waals surface area contributed by atoms with Crippen molar-refractivity contribution in [1.29, 1.82) is 0 Å². The molecule has 1 aromatic rings. The lowest BCUT2D eigenvalue weighted by Gasteiger charge is -2.19. The summed E-state index contributed by atoms with van der Waals surface area (Å²) in [6.07, 6.45) is 1.77. The number of hydrogen-bond donors (Lipinski definition) is 1. The van der Waals surface area contributed by atoms with Crippen LogP contribution in [0, 0.1) is 0 Å². The average Bonchev–Trinajstić information content (AvgIpc) is 2.69. The zero-order valence-electron chi connectivity index (χ0n) is 11.2. The van der Waals surface area contributed by atoms with Crippen molar-refractivity contribution in [2.75, 3.05) is 20.3 Å². The molecular weight excluding hydrogens is 218 g/mol. The summed E-state index contributed by atoms with van der Waals surface area (Å²) in [5, 5.41) is 3.41. The van der Waals surface area contributed by atoms with Crippen LogP contribution in [0.1, 0.15) is 32.1 Å². The summed E-state index contributed by atoms with van der Waals surface area (Å²) in [6, 6.07) is 2.02. The topological polar surface area (TPSA) is 43.6 Å². The summed E-state index contributed by atoms with van der Waals surface area (Å²) in [5.74, 6) is 0.854. The molecule has 0 radical (unpaired) electrons. The zero-order chi connectivity index (χ0) is 12.7. The Morgan fingerprint density at radius 1 is 1.29 bits per heavy atom. The Morgan fingerprint density at radius 3 is 2.71 bits per heavy atom. The highest BCUT2D eigenvalue weighted by molar-refractivity contribution is 5.12. The fourth-order valence-corrected chi connectivity index (χ4v) is 1.28. The second-order valence-electron chi connectivity index (χ2n) is 5.07. The van der Waals surface area contributed by atoms with Crippen LogP contribution in [0.25, 0.3) is 0 Å². The maximum absolute atomic E-state index is 5.40. The fourth-order valence-electron chi connectivity index (χ4n) is 1.28. The van der Waals surface area contributed by atoms with Crippen LogP contribution in [-0.4, -0.2) is 25.9 Å². The van der Waals surface area contributed by atoms with Gasteiger partial charge in [0.25, 0.3) is 0 Å². The second-order valence-corrected chi connectivity index (χ2v) is 5.07.